The molecular weight excluding hydrogens is 1370 g/mol. The van der Waals surface area contributed by atoms with Crippen LogP contribution in [0.1, 0.15) is 99.9 Å². The van der Waals surface area contributed by atoms with Crippen LogP contribution in [0.2, 0.25) is 0 Å². The molecule has 4 aliphatic rings. The normalized spacial score (nSPS) is 14.3. The molecule has 2 heterocycles. The zero-order valence-corrected chi connectivity index (χ0v) is 64.7. The second-order valence-corrected chi connectivity index (χ2v) is 34.1. The number of benzene rings is 15. The lowest BCUT2D eigenvalue weighted by Crippen LogP contribution is -2.23. The Bertz CT molecular complexity index is 6390. The second-order valence-electron chi connectivity index (χ2n) is 32.0. The van der Waals surface area contributed by atoms with Crippen LogP contribution in [0, 0.1) is 0 Å². The van der Waals surface area contributed by atoms with Gasteiger partial charge in [-0.2, -0.15) is 0 Å². The topological polar surface area (TPSA) is 13.0 Å². The van der Waals surface area contributed by atoms with Crippen molar-refractivity contribution < 1.29 is 0 Å². The molecule has 0 bridgehead atoms. The fourth-order valence-electron chi connectivity index (χ4n) is 18.8. The van der Waals surface area contributed by atoms with E-state index >= 15 is 0 Å². The number of hydrogen-bond donors (Lipinski definition) is 0. The van der Waals surface area contributed by atoms with Crippen molar-refractivity contribution in [1.29, 1.82) is 0 Å². The predicted octanol–water partition coefficient (Wildman–Crippen LogP) is 30.1. The number of anilines is 12. The van der Waals surface area contributed by atoms with Crippen LogP contribution in [0.25, 0.3) is 74.1 Å². The summed E-state index contributed by atoms with van der Waals surface area (Å²) in [7, 11) is 0. The van der Waals surface area contributed by atoms with Gasteiger partial charge in [0, 0.05) is 109 Å². The summed E-state index contributed by atoms with van der Waals surface area (Å²) in [5.41, 5.74) is 30.3. The molecule has 15 aromatic carbocycles. The molecule has 110 heavy (non-hydrogen) atoms. The molecule has 0 saturated heterocycles. The summed E-state index contributed by atoms with van der Waals surface area (Å²) in [5, 5.41) is 7.57. The first-order valence-electron chi connectivity index (χ1n) is 38.5. The quantitative estimate of drug-likeness (QED) is 0.113. The molecule has 4 nitrogen and oxygen atoms in total. The molecule has 0 atom stereocenters. The second kappa shape index (κ2) is 25.7. The Morgan fingerprint density at radius 2 is 0.409 bits per heavy atom. The molecule has 0 radical (unpaired) electrons. The summed E-state index contributed by atoms with van der Waals surface area (Å²) in [5.74, 6) is 0. The van der Waals surface area contributed by atoms with Gasteiger partial charge in [0.2, 0.25) is 0 Å². The van der Waals surface area contributed by atoms with Crippen molar-refractivity contribution >= 4 is 123 Å². The highest BCUT2D eigenvalue weighted by molar-refractivity contribution is 7.20. The minimum absolute atomic E-state index is 0.160. The first kappa shape index (κ1) is 67.1. The maximum absolute atomic E-state index is 2.47. The highest BCUT2D eigenvalue weighted by atomic mass is 32.1. The monoisotopic (exact) mass is 1450 g/mol. The van der Waals surface area contributed by atoms with Gasteiger partial charge < -0.3 is 19.6 Å². The van der Waals surface area contributed by atoms with Crippen LogP contribution in [0.4, 0.5) is 68.2 Å². The first-order valence-corrected chi connectivity index (χ1v) is 40.1. The van der Waals surface area contributed by atoms with Crippen molar-refractivity contribution in [2.75, 3.05) is 19.6 Å². The van der Waals surface area contributed by atoms with E-state index in [2.05, 4.69) is 427 Å². The van der Waals surface area contributed by atoms with Crippen LogP contribution in [0.3, 0.4) is 0 Å². The van der Waals surface area contributed by atoms with E-state index in [0.717, 1.165) is 45.5 Å². The van der Waals surface area contributed by atoms with E-state index in [0.29, 0.717) is 0 Å². The van der Waals surface area contributed by atoms with Gasteiger partial charge in [0.05, 0.1) is 0 Å². The van der Waals surface area contributed by atoms with E-state index in [4.69, 9.17) is 0 Å². The number of fused-ring (bicyclic) bond motifs is 18. The Morgan fingerprint density at radius 3 is 0.745 bits per heavy atom. The molecule has 0 amide bonds. The van der Waals surface area contributed by atoms with Gasteiger partial charge in [0.1, 0.15) is 0 Å². The van der Waals surface area contributed by atoms with Crippen molar-refractivity contribution in [2.45, 2.75) is 77.0 Å². The van der Waals surface area contributed by atoms with Crippen LogP contribution < -0.4 is 19.6 Å². The van der Waals surface area contributed by atoms with E-state index in [9.17, 15) is 0 Å². The Hall–Kier alpha value is -12.3. The average molecular weight is 1450 g/mol. The fourth-order valence-corrected chi connectivity index (χ4v) is 22.2. The highest BCUT2D eigenvalue weighted by Crippen LogP contribution is 2.67. The third-order valence-corrected chi connectivity index (χ3v) is 26.6. The molecule has 6 heteroatoms. The maximum atomic E-state index is 2.47. The fraction of sp³-hybridized carbons (Fsp3) is 0.115. The molecular formula is C104H82N4S2. The van der Waals surface area contributed by atoms with Gasteiger partial charge in [-0.1, -0.05) is 262 Å². The van der Waals surface area contributed by atoms with Crippen molar-refractivity contribution in [3.05, 3.63) is 396 Å². The molecule has 0 N–H and O–H groups in total. The number of rotatable bonds is 12. The average Bonchev–Trinajstić information content (AvgIpc) is 1.52. The lowest BCUT2D eigenvalue weighted by atomic mass is 9.74. The largest absolute Gasteiger partial charge is 0.310 e. The van der Waals surface area contributed by atoms with E-state index in [-0.39, 0.29) is 21.7 Å². The Kier molecular flexibility index (Phi) is 15.7. The molecule has 0 fully saturated rings. The Balaban J connectivity index is 0.000000144. The molecule has 2 aromatic heterocycles. The van der Waals surface area contributed by atoms with Crippen molar-refractivity contribution in [3.8, 4) is 41.8 Å². The van der Waals surface area contributed by atoms with Crippen LogP contribution in [0.5, 0.6) is 0 Å². The number of hydrogen-bond acceptors (Lipinski definition) is 6. The molecule has 21 rings (SSSR count). The Labute approximate surface area is 653 Å². The molecule has 530 valence electrons. The predicted molar refractivity (Wildman–Crippen MR) is 470 cm³/mol. The zero-order valence-electron chi connectivity index (χ0n) is 63.1. The zero-order chi connectivity index (χ0) is 74.4. The summed E-state index contributed by atoms with van der Waals surface area (Å²) in [4.78, 5) is 15.3. The van der Waals surface area contributed by atoms with Crippen molar-refractivity contribution in [3.63, 3.8) is 0 Å². The molecule has 0 aliphatic heterocycles. The van der Waals surface area contributed by atoms with Gasteiger partial charge >= 0.3 is 0 Å². The molecule has 0 unspecified atom stereocenters. The van der Waals surface area contributed by atoms with Gasteiger partial charge in [-0.25, -0.2) is 0 Å². The van der Waals surface area contributed by atoms with E-state index in [1.807, 2.05) is 22.7 Å². The smallest absolute Gasteiger partial charge is 0.0468 e. The van der Waals surface area contributed by atoms with Gasteiger partial charge in [0.25, 0.3) is 0 Å². The first-order chi connectivity index (χ1) is 53.6. The van der Waals surface area contributed by atoms with Crippen LogP contribution in [0.15, 0.2) is 352 Å². The van der Waals surface area contributed by atoms with Crippen molar-refractivity contribution in [1.82, 2.24) is 0 Å². The van der Waals surface area contributed by atoms with Gasteiger partial charge in [-0.15, -0.1) is 22.7 Å². The lowest BCUT2D eigenvalue weighted by molar-refractivity contribution is 0.603. The third-order valence-electron chi connectivity index (χ3n) is 24.1. The van der Waals surface area contributed by atoms with Crippen LogP contribution in [-0.4, -0.2) is 0 Å². The summed E-state index contributed by atoms with van der Waals surface area (Å²) in [6.45, 7) is 19.5. The summed E-state index contributed by atoms with van der Waals surface area (Å²) in [6, 6.07) is 129. The van der Waals surface area contributed by atoms with E-state index < -0.39 is 0 Å². The summed E-state index contributed by atoms with van der Waals surface area (Å²) < 4.78 is 0. The van der Waals surface area contributed by atoms with E-state index in [1.54, 1.807) is 0 Å². The molecule has 17 aromatic rings. The van der Waals surface area contributed by atoms with Crippen LogP contribution in [-0.2, 0) is 21.7 Å². The standard InChI is InChI=1S/C54H42N2S.C50H40N2S/c1-53(2)47-33-41(55(37-17-8-5-9-18-37)38-19-10-6-11-20-38)27-30-45(47)51-49(53)50-52(57-51)46-31-28-42(34-48(46)54(50,3)4)56(39-21-12-7-13-22-39)40-26-29-44-36(32-40)25-24-35-16-14-15-23-43(35)44;1-49(2)43-31-39(51(35-18-8-5-9-19-35)36-20-10-6-11-21-36)26-28-41(43)47-45(49)46-48(53-47)42-29-27-40(32-44(42)50(46,3)4)52(37-22-12-7-13-23-37)38-25-24-33-16-14-15-17-34(33)30-38/h5-34H,1-4H3;5-32H,1-4H3. The molecule has 0 spiro atoms. The maximum Gasteiger partial charge on any atom is 0.0468 e. The highest BCUT2D eigenvalue weighted by Gasteiger charge is 2.51. The van der Waals surface area contributed by atoms with Crippen LogP contribution >= 0.6 is 22.7 Å². The minimum atomic E-state index is -0.183. The Morgan fingerprint density at radius 1 is 0.182 bits per heavy atom. The number of para-hydroxylation sites is 6. The van der Waals surface area contributed by atoms with Gasteiger partial charge in [-0.3, -0.25) is 0 Å². The number of thiophene rings is 2. The molecule has 4 aliphatic carbocycles. The summed E-state index contributed by atoms with van der Waals surface area (Å²) in [6.07, 6.45) is 0. The van der Waals surface area contributed by atoms with Gasteiger partial charge in [-0.05, 0) is 245 Å². The van der Waals surface area contributed by atoms with Crippen molar-refractivity contribution in [2.24, 2.45) is 0 Å². The SMILES string of the molecule is CC1(C)c2cc(N(c3ccccc3)c3ccccc3)ccc2-c2sc3c(c21)C(C)(C)c1cc(N(c2ccccc2)c2ccc4c(ccc5ccccc54)c2)ccc1-3.CC1(C)c2cc(N(c3ccccc3)c3ccccc3)ccc2-c2sc3c(c21)C(C)(C)c1cc(N(c2ccccc2)c2ccc4ccccc4c2)ccc1-3. The summed E-state index contributed by atoms with van der Waals surface area (Å²) >= 11 is 3.98. The number of nitrogens with zero attached hydrogens (tertiary/aromatic N) is 4. The van der Waals surface area contributed by atoms with E-state index in [1.165, 1.54) is 141 Å². The third kappa shape index (κ3) is 10.6. The minimum Gasteiger partial charge on any atom is -0.310 e. The lowest BCUT2D eigenvalue weighted by Gasteiger charge is -2.31. The van der Waals surface area contributed by atoms with Gasteiger partial charge in [0.15, 0.2) is 0 Å². The molecule has 0 saturated carbocycles.